The van der Waals surface area contributed by atoms with Crippen LogP contribution in [0.2, 0.25) is 0 Å². The summed E-state index contributed by atoms with van der Waals surface area (Å²) in [6, 6.07) is 8.30. The molecule has 0 bridgehead atoms. The van der Waals surface area contributed by atoms with Crippen molar-refractivity contribution in [1.29, 1.82) is 0 Å². The summed E-state index contributed by atoms with van der Waals surface area (Å²) in [4.78, 5) is 16.7. The third kappa shape index (κ3) is 3.14. The molecule has 1 N–H and O–H groups in total. The van der Waals surface area contributed by atoms with Gasteiger partial charge >= 0.3 is 0 Å². The van der Waals surface area contributed by atoms with E-state index < -0.39 is 0 Å². The van der Waals surface area contributed by atoms with Crippen LogP contribution in [0.3, 0.4) is 0 Å². The second kappa shape index (κ2) is 6.37. The lowest BCUT2D eigenvalue weighted by Gasteiger charge is -2.23. The van der Waals surface area contributed by atoms with Crippen LogP contribution in [0.25, 0.3) is 11.0 Å². The predicted molar refractivity (Wildman–Crippen MR) is 82.6 cm³/mol. The van der Waals surface area contributed by atoms with E-state index in [1.807, 2.05) is 28.8 Å². The van der Waals surface area contributed by atoms with Gasteiger partial charge in [-0.2, -0.15) is 0 Å². The third-order valence-corrected chi connectivity index (χ3v) is 4.01. The van der Waals surface area contributed by atoms with Gasteiger partial charge in [-0.15, -0.1) is 0 Å². The molecule has 0 saturated carbocycles. The van der Waals surface area contributed by atoms with E-state index in [2.05, 4.69) is 10.3 Å². The van der Waals surface area contributed by atoms with E-state index in [9.17, 15) is 4.79 Å². The summed E-state index contributed by atoms with van der Waals surface area (Å²) in [6.07, 6.45) is 2.09. The maximum atomic E-state index is 12.3. The Balaban J connectivity index is 1.76. The fraction of sp³-hybridized carbons (Fsp3) is 0.500. The van der Waals surface area contributed by atoms with Crippen molar-refractivity contribution in [3.05, 3.63) is 40.3 Å². The minimum absolute atomic E-state index is 0.00229. The Labute approximate surface area is 124 Å². The van der Waals surface area contributed by atoms with Crippen molar-refractivity contribution in [3.8, 4) is 0 Å². The smallest absolute Gasteiger partial charge is 0.272 e. The van der Waals surface area contributed by atoms with Crippen molar-refractivity contribution in [3.63, 3.8) is 0 Å². The van der Waals surface area contributed by atoms with E-state index in [0.29, 0.717) is 18.3 Å². The Bertz CT molecular complexity index is 675. The van der Waals surface area contributed by atoms with Crippen molar-refractivity contribution >= 4 is 11.0 Å². The number of aromatic nitrogens is 2. The number of para-hydroxylation sites is 2. The lowest BCUT2D eigenvalue weighted by atomic mass is 10.1. The first-order valence-corrected chi connectivity index (χ1v) is 7.53. The molecule has 1 saturated heterocycles. The fourth-order valence-corrected chi connectivity index (χ4v) is 2.82. The van der Waals surface area contributed by atoms with Crippen molar-refractivity contribution in [1.82, 2.24) is 14.9 Å². The molecule has 5 heteroatoms. The summed E-state index contributed by atoms with van der Waals surface area (Å²) in [5, 5.41) is 3.52. The molecule has 1 aromatic heterocycles. The Morgan fingerprint density at radius 1 is 1.33 bits per heavy atom. The summed E-state index contributed by atoms with van der Waals surface area (Å²) in [5.74, 6) is 0. The van der Waals surface area contributed by atoms with Crippen molar-refractivity contribution in [2.45, 2.75) is 32.4 Å². The Hall–Kier alpha value is -1.72. The summed E-state index contributed by atoms with van der Waals surface area (Å²) < 4.78 is 7.18. The average molecular weight is 287 g/mol. The molecule has 1 aliphatic rings. The molecule has 0 aliphatic carbocycles. The highest BCUT2D eigenvalue weighted by molar-refractivity contribution is 5.74. The topological polar surface area (TPSA) is 56.1 Å². The number of hydrogen-bond donors (Lipinski definition) is 1. The second-order valence-electron chi connectivity index (χ2n) is 5.48. The molecule has 1 aromatic carbocycles. The van der Waals surface area contributed by atoms with Gasteiger partial charge in [0, 0.05) is 32.3 Å². The zero-order valence-corrected chi connectivity index (χ0v) is 12.3. The molecule has 2 aromatic rings. The highest BCUT2D eigenvalue weighted by atomic mass is 16.5. The predicted octanol–water partition coefficient (Wildman–Crippen LogP) is 1.47. The van der Waals surface area contributed by atoms with Gasteiger partial charge in [-0.3, -0.25) is 4.79 Å². The lowest BCUT2D eigenvalue weighted by Crippen LogP contribution is -2.38. The SMILES string of the molecule is Cc1nc2ccccc2n(CCNC2CCOCC2)c1=O. The van der Waals surface area contributed by atoms with Gasteiger partial charge in [0.25, 0.3) is 5.56 Å². The number of nitrogens with zero attached hydrogens (tertiary/aromatic N) is 2. The molecule has 21 heavy (non-hydrogen) atoms. The molecular weight excluding hydrogens is 266 g/mol. The van der Waals surface area contributed by atoms with E-state index in [1.54, 1.807) is 6.92 Å². The molecule has 0 radical (unpaired) electrons. The highest BCUT2D eigenvalue weighted by Gasteiger charge is 2.13. The van der Waals surface area contributed by atoms with Gasteiger partial charge < -0.3 is 14.6 Å². The fourth-order valence-electron chi connectivity index (χ4n) is 2.82. The van der Waals surface area contributed by atoms with Gasteiger partial charge in [0.1, 0.15) is 5.69 Å². The van der Waals surface area contributed by atoms with Crippen molar-refractivity contribution in [2.24, 2.45) is 0 Å². The molecule has 0 amide bonds. The van der Waals surface area contributed by atoms with Gasteiger partial charge in [0.15, 0.2) is 0 Å². The van der Waals surface area contributed by atoms with Gasteiger partial charge in [-0.25, -0.2) is 4.98 Å². The summed E-state index contributed by atoms with van der Waals surface area (Å²) in [7, 11) is 0. The first-order chi connectivity index (χ1) is 10.3. The van der Waals surface area contributed by atoms with E-state index in [0.717, 1.165) is 43.6 Å². The monoisotopic (exact) mass is 287 g/mol. The maximum absolute atomic E-state index is 12.3. The Kier molecular flexibility index (Phi) is 4.31. The molecule has 3 rings (SSSR count). The maximum Gasteiger partial charge on any atom is 0.272 e. The average Bonchev–Trinajstić information content (AvgIpc) is 2.52. The number of hydrogen-bond acceptors (Lipinski definition) is 4. The van der Waals surface area contributed by atoms with Gasteiger partial charge in [-0.05, 0) is 31.9 Å². The molecule has 0 unspecified atom stereocenters. The Morgan fingerprint density at radius 3 is 2.90 bits per heavy atom. The zero-order valence-electron chi connectivity index (χ0n) is 12.3. The van der Waals surface area contributed by atoms with Crippen LogP contribution in [0, 0.1) is 6.92 Å². The molecule has 2 heterocycles. The van der Waals surface area contributed by atoms with Gasteiger partial charge in [-0.1, -0.05) is 12.1 Å². The number of ether oxygens (including phenoxy) is 1. The lowest BCUT2D eigenvalue weighted by molar-refractivity contribution is 0.0779. The van der Waals surface area contributed by atoms with Crippen LogP contribution in [0.5, 0.6) is 0 Å². The second-order valence-corrected chi connectivity index (χ2v) is 5.48. The number of nitrogens with one attached hydrogen (secondary N) is 1. The summed E-state index contributed by atoms with van der Waals surface area (Å²) >= 11 is 0. The highest BCUT2D eigenvalue weighted by Crippen LogP contribution is 2.10. The van der Waals surface area contributed by atoms with Gasteiger partial charge in [0.2, 0.25) is 0 Å². The third-order valence-electron chi connectivity index (χ3n) is 4.01. The quantitative estimate of drug-likeness (QED) is 0.925. The van der Waals surface area contributed by atoms with Gasteiger partial charge in [0.05, 0.1) is 11.0 Å². The Morgan fingerprint density at radius 2 is 2.10 bits per heavy atom. The minimum atomic E-state index is 0.00229. The number of aryl methyl sites for hydroxylation is 1. The van der Waals surface area contributed by atoms with Crippen LogP contribution in [-0.4, -0.2) is 35.4 Å². The molecule has 1 aliphatic heterocycles. The number of benzene rings is 1. The molecule has 5 nitrogen and oxygen atoms in total. The summed E-state index contributed by atoms with van der Waals surface area (Å²) in [6.45, 7) is 4.89. The van der Waals surface area contributed by atoms with E-state index in [4.69, 9.17) is 4.74 Å². The number of rotatable bonds is 4. The van der Waals surface area contributed by atoms with Crippen molar-refractivity contribution in [2.75, 3.05) is 19.8 Å². The van der Waals surface area contributed by atoms with Crippen LogP contribution in [-0.2, 0) is 11.3 Å². The number of fused-ring (bicyclic) bond motifs is 1. The van der Waals surface area contributed by atoms with E-state index in [-0.39, 0.29) is 5.56 Å². The molecular formula is C16H21N3O2. The molecule has 0 spiro atoms. The minimum Gasteiger partial charge on any atom is -0.381 e. The van der Waals surface area contributed by atoms with E-state index in [1.165, 1.54) is 0 Å². The first kappa shape index (κ1) is 14.2. The van der Waals surface area contributed by atoms with Crippen LogP contribution in [0.15, 0.2) is 29.1 Å². The van der Waals surface area contributed by atoms with Crippen LogP contribution >= 0.6 is 0 Å². The largest absolute Gasteiger partial charge is 0.381 e. The van der Waals surface area contributed by atoms with Crippen molar-refractivity contribution < 1.29 is 4.74 Å². The van der Waals surface area contributed by atoms with Crippen LogP contribution in [0.4, 0.5) is 0 Å². The normalized spacial score (nSPS) is 16.4. The van der Waals surface area contributed by atoms with Crippen LogP contribution in [0.1, 0.15) is 18.5 Å². The first-order valence-electron chi connectivity index (χ1n) is 7.53. The zero-order chi connectivity index (χ0) is 14.7. The molecule has 0 atom stereocenters. The van der Waals surface area contributed by atoms with Crippen LogP contribution < -0.4 is 10.9 Å². The summed E-state index contributed by atoms with van der Waals surface area (Å²) in [5.41, 5.74) is 2.34. The van der Waals surface area contributed by atoms with E-state index >= 15 is 0 Å². The standard InChI is InChI=1S/C16H21N3O2/c1-12-16(20)19(15-5-3-2-4-14(15)18-12)9-8-17-13-6-10-21-11-7-13/h2-5,13,17H,6-11H2,1H3. The molecule has 1 fully saturated rings. The molecule has 112 valence electrons.